The predicted octanol–water partition coefficient (Wildman–Crippen LogP) is 2.53. The summed E-state index contributed by atoms with van der Waals surface area (Å²) in [5.74, 6) is 0.911. The smallest absolute Gasteiger partial charge is 0.247 e. The quantitative estimate of drug-likeness (QED) is 0.791. The molecule has 3 nitrogen and oxygen atoms in total. The van der Waals surface area contributed by atoms with Gasteiger partial charge in [-0.15, -0.1) is 0 Å². The molecular weight excluding hydrogens is 212 g/mol. The molecule has 0 aliphatic heterocycles. The lowest BCUT2D eigenvalue weighted by Gasteiger charge is -2.09. The van der Waals surface area contributed by atoms with Gasteiger partial charge in [-0.25, -0.2) is 4.98 Å². The predicted molar refractivity (Wildman–Crippen MR) is 67.8 cm³/mol. The van der Waals surface area contributed by atoms with Crippen LogP contribution in [0.4, 0.5) is 0 Å². The number of H-pyrrole nitrogens is 1. The van der Waals surface area contributed by atoms with E-state index in [9.17, 15) is 0 Å². The molecule has 0 amide bonds. The molecule has 0 fully saturated rings. The Labute approximate surface area is 102 Å². The number of aryl methyl sites for hydroxylation is 3. The van der Waals surface area contributed by atoms with Crippen molar-refractivity contribution in [2.24, 2.45) is 0 Å². The van der Waals surface area contributed by atoms with Gasteiger partial charge in [0, 0.05) is 25.0 Å². The van der Waals surface area contributed by atoms with Gasteiger partial charge in [0.2, 0.25) is 6.33 Å². The van der Waals surface area contributed by atoms with E-state index in [-0.39, 0.29) is 0 Å². The van der Waals surface area contributed by atoms with Crippen LogP contribution in [0.5, 0.6) is 5.75 Å². The highest BCUT2D eigenvalue weighted by Gasteiger charge is 2.17. The fourth-order valence-electron chi connectivity index (χ4n) is 2.19. The van der Waals surface area contributed by atoms with Crippen LogP contribution in [0, 0.1) is 27.7 Å². The van der Waals surface area contributed by atoms with E-state index in [0.717, 1.165) is 5.75 Å². The Morgan fingerprint density at radius 3 is 2.06 bits per heavy atom. The minimum atomic E-state index is 0.911. The van der Waals surface area contributed by atoms with Gasteiger partial charge in [0.05, 0.1) is 7.11 Å². The number of ether oxygens (including phenoxy) is 1. The summed E-state index contributed by atoms with van der Waals surface area (Å²) in [5.41, 5.74) is 6.09. The lowest BCUT2D eigenvalue weighted by molar-refractivity contribution is -0.602. The van der Waals surface area contributed by atoms with Crippen LogP contribution in [-0.4, -0.2) is 12.1 Å². The van der Waals surface area contributed by atoms with Crippen molar-refractivity contribution >= 4 is 0 Å². The number of methoxy groups -OCH3 is 1. The van der Waals surface area contributed by atoms with Crippen molar-refractivity contribution in [3.05, 3.63) is 41.0 Å². The molecule has 0 bridgehead atoms. The maximum absolute atomic E-state index is 5.29. The summed E-state index contributed by atoms with van der Waals surface area (Å²) in [7, 11) is 1.70. The molecule has 1 aromatic heterocycles. The number of nitrogens with one attached hydrogen (secondary N) is 1. The molecule has 0 spiro atoms. The molecule has 2 aromatic rings. The third-order valence-electron chi connectivity index (χ3n) is 3.26. The lowest BCUT2D eigenvalue weighted by Crippen LogP contribution is -2.33. The molecule has 17 heavy (non-hydrogen) atoms. The van der Waals surface area contributed by atoms with Crippen molar-refractivity contribution in [3.8, 4) is 11.4 Å². The van der Waals surface area contributed by atoms with Gasteiger partial charge in [0.15, 0.2) is 0 Å². The van der Waals surface area contributed by atoms with Crippen molar-refractivity contribution in [3.63, 3.8) is 0 Å². The molecular formula is C14H19N2O+. The van der Waals surface area contributed by atoms with Crippen LogP contribution in [0.2, 0.25) is 0 Å². The minimum Gasteiger partial charge on any atom is -0.497 e. The summed E-state index contributed by atoms with van der Waals surface area (Å²) in [6, 6.07) is 4.13. The Morgan fingerprint density at radius 2 is 1.65 bits per heavy atom. The molecule has 1 heterocycles. The first kappa shape index (κ1) is 11.7. The summed E-state index contributed by atoms with van der Waals surface area (Å²) < 4.78 is 7.48. The Kier molecular flexibility index (Phi) is 2.92. The third kappa shape index (κ3) is 1.93. The summed E-state index contributed by atoms with van der Waals surface area (Å²) >= 11 is 0. The molecule has 3 heteroatoms. The van der Waals surface area contributed by atoms with Gasteiger partial charge in [0.25, 0.3) is 0 Å². The van der Waals surface area contributed by atoms with Crippen molar-refractivity contribution in [2.75, 3.05) is 7.11 Å². The first-order chi connectivity index (χ1) is 8.04. The second-order valence-corrected chi connectivity index (χ2v) is 4.46. The fraction of sp³-hybridized carbons (Fsp3) is 0.357. The Bertz CT molecular complexity index is 532. The number of imidazole rings is 1. The van der Waals surface area contributed by atoms with Gasteiger partial charge < -0.3 is 4.74 Å². The van der Waals surface area contributed by atoms with E-state index in [4.69, 9.17) is 4.74 Å². The van der Waals surface area contributed by atoms with E-state index in [0.29, 0.717) is 0 Å². The van der Waals surface area contributed by atoms with Gasteiger partial charge in [-0.2, -0.15) is 4.57 Å². The number of nitrogens with zero attached hydrogens (tertiary/aromatic N) is 1. The van der Waals surface area contributed by atoms with Gasteiger partial charge in [-0.1, -0.05) is 0 Å². The molecule has 0 saturated carbocycles. The number of benzene rings is 1. The van der Waals surface area contributed by atoms with Gasteiger partial charge >= 0.3 is 0 Å². The SMILES string of the molecule is COc1cc(C)c(-[n+]2c[nH]c(C)c2C)c(C)c1. The number of hydrogen-bond acceptors (Lipinski definition) is 1. The van der Waals surface area contributed by atoms with Crippen molar-refractivity contribution < 1.29 is 9.30 Å². The van der Waals surface area contributed by atoms with Crippen LogP contribution in [0.25, 0.3) is 5.69 Å². The molecule has 0 unspecified atom stereocenters. The van der Waals surface area contributed by atoms with Crippen molar-refractivity contribution in [1.82, 2.24) is 4.98 Å². The lowest BCUT2D eigenvalue weighted by atomic mass is 10.1. The maximum Gasteiger partial charge on any atom is 0.247 e. The molecule has 0 radical (unpaired) electrons. The van der Waals surface area contributed by atoms with Gasteiger partial charge in [-0.3, -0.25) is 0 Å². The van der Waals surface area contributed by atoms with Crippen molar-refractivity contribution in [1.29, 1.82) is 0 Å². The summed E-state index contributed by atoms with van der Waals surface area (Å²) in [6.45, 7) is 8.42. The first-order valence-electron chi connectivity index (χ1n) is 5.76. The molecule has 2 rings (SSSR count). The Balaban J connectivity index is 2.64. The molecule has 0 saturated heterocycles. The highest BCUT2D eigenvalue weighted by Crippen LogP contribution is 2.22. The molecule has 90 valence electrons. The van der Waals surface area contributed by atoms with E-state index in [1.54, 1.807) is 7.11 Å². The minimum absolute atomic E-state index is 0.911. The van der Waals surface area contributed by atoms with Gasteiger partial charge in [-0.05, 0) is 26.0 Å². The van der Waals surface area contributed by atoms with E-state index in [1.807, 2.05) is 6.33 Å². The largest absolute Gasteiger partial charge is 0.497 e. The number of hydrogen-bond donors (Lipinski definition) is 1. The van der Waals surface area contributed by atoms with Crippen LogP contribution in [0.3, 0.4) is 0 Å². The average molecular weight is 231 g/mol. The Morgan fingerprint density at radius 1 is 1.06 bits per heavy atom. The zero-order valence-corrected chi connectivity index (χ0v) is 11.1. The summed E-state index contributed by atoms with van der Waals surface area (Å²) in [5, 5.41) is 0. The topological polar surface area (TPSA) is 28.9 Å². The molecule has 1 N–H and O–H groups in total. The first-order valence-corrected chi connectivity index (χ1v) is 5.76. The van der Waals surface area contributed by atoms with E-state index in [1.165, 1.54) is 28.2 Å². The summed E-state index contributed by atoms with van der Waals surface area (Å²) in [4.78, 5) is 3.25. The van der Waals surface area contributed by atoms with Crippen LogP contribution < -0.4 is 9.30 Å². The van der Waals surface area contributed by atoms with Crippen LogP contribution in [0.15, 0.2) is 18.5 Å². The standard InChI is InChI=1S/C14H18N2O/c1-9-6-13(17-5)7-10(2)14(9)16-8-15-11(3)12(16)4/h6-8H,1-5H3/p+1. The second kappa shape index (κ2) is 4.24. The van der Waals surface area contributed by atoms with E-state index in [2.05, 4.69) is 49.4 Å². The van der Waals surface area contributed by atoms with Crippen molar-refractivity contribution in [2.45, 2.75) is 27.7 Å². The maximum atomic E-state index is 5.29. The van der Waals surface area contributed by atoms with Gasteiger partial charge in [0.1, 0.15) is 22.8 Å². The molecule has 0 atom stereocenters. The molecule has 1 aromatic carbocycles. The average Bonchev–Trinajstić information content (AvgIpc) is 2.60. The Hall–Kier alpha value is -1.77. The highest BCUT2D eigenvalue weighted by molar-refractivity contribution is 5.46. The van der Waals surface area contributed by atoms with Crippen LogP contribution in [0.1, 0.15) is 22.5 Å². The normalized spacial score (nSPS) is 10.6. The molecule has 0 aliphatic carbocycles. The van der Waals surface area contributed by atoms with Crippen LogP contribution >= 0.6 is 0 Å². The van der Waals surface area contributed by atoms with Crippen LogP contribution in [-0.2, 0) is 0 Å². The zero-order chi connectivity index (χ0) is 12.6. The zero-order valence-electron chi connectivity index (χ0n) is 11.1. The highest BCUT2D eigenvalue weighted by atomic mass is 16.5. The number of rotatable bonds is 2. The monoisotopic (exact) mass is 231 g/mol. The van der Waals surface area contributed by atoms with E-state index < -0.39 is 0 Å². The molecule has 0 aliphatic rings. The second-order valence-electron chi connectivity index (χ2n) is 4.46. The van der Waals surface area contributed by atoms with E-state index >= 15 is 0 Å². The number of aromatic nitrogens is 2. The summed E-state index contributed by atoms with van der Waals surface area (Å²) in [6.07, 6.45) is 2.01. The third-order valence-corrected chi connectivity index (χ3v) is 3.26. The fourth-order valence-corrected chi connectivity index (χ4v) is 2.19. The number of aromatic amines is 1.